The Labute approximate surface area is 306 Å². The Balaban J connectivity index is 4.50. The molecule has 7 heteroatoms. The van der Waals surface area contributed by atoms with E-state index >= 15 is 0 Å². The summed E-state index contributed by atoms with van der Waals surface area (Å²) in [5.74, 6) is -1.43. The van der Waals surface area contributed by atoms with Gasteiger partial charge in [0.25, 0.3) is 0 Å². The molecule has 0 radical (unpaired) electrons. The number of allylic oxidation sites excluding steroid dienone is 9. The molecule has 1 amide bonds. The summed E-state index contributed by atoms with van der Waals surface area (Å²) in [6, 6.07) is -0.894. The molecule has 0 saturated heterocycles. The minimum atomic E-state index is -1.03. The molecule has 7 nitrogen and oxygen atoms in total. The van der Waals surface area contributed by atoms with Gasteiger partial charge in [0.15, 0.2) is 0 Å². The van der Waals surface area contributed by atoms with E-state index in [1.165, 1.54) is 57.8 Å². The zero-order chi connectivity index (χ0) is 36.8. The molecule has 0 aromatic carbocycles. The first-order chi connectivity index (χ1) is 24.4. The third kappa shape index (κ3) is 33.6. The standard InChI is InChI=1S/C43H74N2O5/c1-3-5-7-9-11-13-15-16-17-18-20-22-24-26-31-37-42(47)50-39(33-28-25-23-21-19-14-12-10-8-6-4-2)34-29-27-30-36-41(46)45-40(43(48)49)35-32-38-44/h6,8,12,14,16-17,21,23,28,33,39-40H,3-5,7,9-11,13,15,18-20,22,24-27,29-32,34-38,44H2,1-2H3,(H,45,46)(H,48,49)/b8-6-,14-12-,17-16-,23-21-,33-28-. The molecule has 0 saturated carbocycles. The second-order valence-corrected chi connectivity index (χ2v) is 13.3. The van der Waals surface area contributed by atoms with E-state index in [1.807, 2.05) is 6.08 Å². The number of esters is 1. The van der Waals surface area contributed by atoms with Crippen molar-refractivity contribution in [2.45, 2.75) is 187 Å². The summed E-state index contributed by atoms with van der Waals surface area (Å²) < 4.78 is 5.87. The van der Waals surface area contributed by atoms with Gasteiger partial charge < -0.3 is 20.9 Å². The highest BCUT2D eigenvalue weighted by Crippen LogP contribution is 2.14. The number of carbonyl (C=O) groups excluding carboxylic acids is 2. The molecule has 0 aliphatic carbocycles. The number of unbranched alkanes of at least 4 members (excludes halogenated alkanes) is 13. The average molecular weight is 699 g/mol. The van der Waals surface area contributed by atoms with E-state index in [9.17, 15) is 19.5 Å². The van der Waals surface area contributed by atoms with Crippen LogP contribution in [-0.2, 0) is 19.1 Å². The number of rotatable bonds is 35. The molecule has 50 heavy (non-hydrogen) atoms. The van der Waals surface area contributed by atoms with Crippen LogP contribution >= 0.6 is 0 Å². The molecule has 0 aliphatic rings. The maximum atomic E-state index is 12.7. The predicted octanol–water partition coefficient (Wildman–Crippen LogP) is 11.0. The summed E-state index contributed by atoms with van der Waals surface area (Å²) in [5, 5.41) is 11.9. The van der Waals surface area contributed by atoms with Crippen molar-refractivity contribution in [3.05, 3.63) is 60.8 Å². The summed E-state index contributed by atoms with van der Waals surface area (Å²) >= 11 is 0. The van der Waals surface area contributed by atoms with Gasteiger partial charge in [-0.1, -0.05) is 126 Å². The predicted molar refractivity (Wildman–Crippen MR) is 211 cm³/mol. The molecule has 0 aromatic rings. The van der Waals surface area contributed by atoms with Crippen molar-refractivity contribution in [2.24, 2.45) is 5.73 Å². The van der Waals surface area contributed by atoms with Gasteiger partial charge in [0, 0.05) is 12.8 Å². The lowest BCUT2D eigenvalue weighted by molar-refractivity contribution is -0.147. The summed E-state index contributed by atoms with van der Waals surface area (Å²) in [4.78, 5) is 36.4. The normalized spacial score (nSPS) is 13.3. The van der Waals surface area contributed by atoms with Gasteiger partial charge in [-0.2, -0.15) is 0 Å². The second kappa shape index (κ2) is 37.3. The third-order valence-electron chi connectivity index (χ3n) is 8.55. The summed E-state index contributed by atoms with van der Waals surface area (Å²) in [6.07, 6.45) is 45.6. The van der Waals surface area contributed by atoms with Gasteiger partial charge in [0.2, 0.25) is 5.91 Å². The van der Waals surface area contributed by atoms with Crippen molar-refractivity contribution in [2.75, 3.05) is 6.54 Å². The molecule has 0 spiro atoms. The average Bonchev–Trinajstić information content (AvgIpc) is 3.10. The van der Waals surface area contributed by atoms with Gasteiger partial charge in [0.05, 0.1) is 0 Å². The van der Waals surface area contributed by atoms with Gasteiger partial charge in [0.1, 0.15) is 12.1 Å². The number of carbonyl (C=O) groups is 3. The lowest BCUT2D eigenvalue weighted by Gasteiger charge is -2.15. The van der Waals surface area contributed by atoms with Crippen molar-refractivity contribution in [1.82, 2.24) is 5.32 Å². The van der Waals surface area contributed by atoms with E-state index in [-0.39, 0.29) is 24.4 Å². The molecule has 286 valence electrons. The van der Waals surface area contributed by atoms with Crippen LogP contribution in [0.15, 0.2) is 60.8 Å². The lowest BCUT2D eigenvalue weighted by Crippen LogP contribution is -2.40. The van der Waals surface area contributed by atoms with E-state index in [0.717, 1.165) is 64.2 Å². The Bertz CT molecular complexity index is 968. The molecule has 0 rings (SSSR count). The number of nitrogens with two attached hydrogens (primary N) is 1. The van der Waals surface area contributed by atoms with Crippen molar-refractivity contribution in [1.29, 1.82) is 0 Å². The van der Waals surface area contributed by atoms with Gasteiger partial charge >= 0.3 is 11.9 Å². The smallest absolute Gasteiger partial charge is 0.326 e. The fourth-order valence-electron chi connectivity index (χ4n) is 5.53. The number of amides is 1. The van der Waals surface area contributed by atoms with Crippen molar-refractivity contribution in [3.63, 3.8) is 0 Å². The van der Waals surface area contributed by atoms with Crippen LogP contribution in [0.4, 0.5) is 0 Å². The third-order valence-corrected chi connectivity index (χ3v) is 8.55. The molecule has 2 unspecified atom stereocenters. The lowest BCUT2D eigenvalue weighted by atomic mass is 10.1. The van der Waals surface area contributed by atoms with E-state index in [2.05, 4.69) is 73.8 Å². The first-order valence-electron chi connectivity index (χ1n) is 20.1. The number of ether oxygens (including phenoxy) is 1. The van der Waals surface area contributed by atoms with Gasteiger partial charge in [-0.25, -0.2) is 4.79 Å². The number of aliphatic carboxylic acids is 1. The van der Waals surface area contributed by atoms with Crippen LogP contribution in [0.3, 0.4) is 0 Å². The number of nitrogens with one attached hydrogen (secondary N) is 1. The fraction of sp³-hybridized carbons (Fsp3) is 0.698. The van der Waals surface area contributed by atoms with Crippen molar-refractivity contribution >= 4 is 17.8 Å². The van der Waals surface area contributed by atoms with Crippen LogP contribution in [0.1, 0.15) is 174 Å². The van der Waals surface area contributed by atoms with Crippen molar-refractivity contribution in [3.8, 4) is 0 Å². The zero-order valence-electron chi connectivity index (χ0n) is 32.0. The minimum absolute atomic E-state index is 0.147. The van der Waals surface area contributed by atoms with Gasteiger partial charge in [-0.15, -0.1) is 0 Å². The van der Waals surface area contributed by atoms with Crippen LogP contribution < -0.4 is 11.1 Å². The number of carboxylic acid groups (broad SMARTS) is 1. The van der Waals surface area contributed by atoms with E-state index in [0.29, 0.717) is 38.6 Å². The molecule has 0 aromatic heterocycles. The maximum Gasteiger partial charge on any atom is 0.326 e. The van der Waals surface area contributed by atoms with E-state index in [4.69, 9.17) is 10.5 Å². The SMILES string of the molecule is CC/C=C\C/C=C\C/C=C\C/C=C\C(CCCCCC(=O)NC(CCCN)C(=O)O)OC(=O)CCCCCCC/C=C\CCCCCCCC. The molecule has 4 N–H and O–H groups in total. The van der Waals surface area contributed by atoms with Gasteiger partial charge in [-0.3, -0.25) is 9.59 Å². The van der Waals surface area contributed by atoms with Crippen LogP contribution in [0.2, 0.25) is 0 Å². The number of carboxylic acids is 1. The van der Waals surface area contributed by atoms with Crippen molar-refractivity contribution < 1.29 is 24.2 Å². The molecule has 0 bridgehead atoms. The highest BCUT2D eigenvalue weighted by molar-refractivity contribution is 5.83. The molecular weight excluding hydrogens is 624 g/mol. The second-order valence-electron chi connectivity index (χ2n) is 13.3. The van der Waals surface area contributed by atoms with Crippen LogP contribution in [0, 0.1) is 0 Å². The Hall–Kier alpha value is -2.93. The van der Waals surface area contributed by atoms with Crippen LogP contribution in [0.25, 0.3) is 0 Å². The van der Waals surface area contributed by atoms with Crippen LogP contribution in [-0.4, -0.2) is 41.6 Å². The Kier molecular flexibility index (Phi) is 35.1. The van der Waals surface area contributed by atoms with E-state index in [1.54, 1.807) is 0 Å². The largest absolute Gasteiger partial charge is 0.480 e. The monoisotopic (exact) mass is 699 g/mol. The summed E-state index contributed by atoms with van der Waals surface area (Å²) in [7, 11) is 0. The fourth-order valence-corrected chi connectivity index (χ4v) is 5.53. The minimum Gasteiger partial charge on any atom is -0.480 e. The number of hydrogen-bond acceptors (Lipinski definition) is 5. The zero-order valence-corrected chi connectivity index (χ0v) is 32.0. The Morgan fingerprint density at radius 3 is 1.76 bits per heavy atom. The first-order valence-corrected chi connectivity index (χ1v) is 20.1. The van der Waals surface area contributed by atoms with E-state index < -0.39 is 12.0 Å². The highest BCUT2D eigenvalue weighted by atomic mass is 16.5. The topological polar surface area (TPSA) is 119 Å². The number of hydrogen-bond donors (Lipinski definition) is 3. The molecule has 0 aliphatic heterocycles. The maximum absolute atomic E-state index is 12.7. The quantitative estimate of drug-likeness (QED) is 0.0344. The molecule has 0 heterocycles. The molecule has 0 fully saturated rings. The first kappa shape index (κ1) is 47.1. The van der Waals surface area contributed by atoms with Crippen LogP contribution in [0.5, 0.6) is 0 Å². The molecular formula is C43H74N2O5. The summed E-state index contributed by atoms with van der Waals surface area (Å²) in [6.45, 7) is 4.78. The highest BCUT2D eigenvalue weighted by Gasteiger charge is 2.19. The molecule has 2 atom stereocenters. The Morgan fingerprint density at radius 2 is 1.16 bits per heavy atom. The van der Waals surface area contributed by atoms with Gasteiger partial charge in [-0.05, 0) is 103 Å². The summed E-state index contributed by atoms with van der Waals surface area (Å²) in [5.41, 5.74) is 5.48. The Morgan fingerprint density at radius 1 is 0.620 bits per heavy atom.